The molecule has 0 unspecified atom stereocenters. The number of carbonyl (C=O) groups is 2. The average molecular weight is 282 g/mol. The van der Waals surface area contributed by atoms with E-state index >= 15 is 0 Å². The van der Waals surface area contributed by atoms with Crippen molar-refractivity contribution in [3.8, 4) is 0 Å². The zero-order valence-corrected chi connectivity index (χ0v) is 11.8. The number of hydrogen-bond acceptors (Lipinski definition) is 3. The van der Waals surface area contributed by atoms with Crippen LogP contribution in [0.1, 0.15) is 24.2 Å². The Labute approximate surface area is 117 Å². The zero-order valence-electron chi connectivity index (χ0n) is 11.8. The molecule has 6 heteroatoms. The van der Waals surface area contributed by atoms with Gasteiger partial charge < -0.3 is 15.3 Å². The number of rotatable bonds is 5. The topological polar surface area (TPSA) is 69.6 Å². The fraction of sp³-hybridized carbons (Fsp3) is 0.429. The molecule has 0 radical (unpaired) electrons. The number of benzene rings is 1. The molecule has 1 aromatic rings. The van der Waals surface area contributed by atoms with Gasteiger partial charge in [-0.15, -0.1) is 0 Å². The average Bonchev–Trinajstić information content (AvgIpc) is 2.33. The summed E-state index contributed by atoms with van der Waals surface area (Å²) in [6, 6.07) is 5.22. The summed E-state index contributed by atoms with van der Waals surface area (Å²) in [6.45, 7) is 3.12. The highest BCUT2D eigenvalue weighted by Gasteiger charge is 2.19. The van der Waals surface area contributed by atoms with Crippen LogP contribution >= 0.6 is 0 Å². The van der Waals surface area contributed by atoms with E-state index in [2.05, 4.69) is 5.32 Å². The van der Waals surface area contributed by atoms with Crippen molar-refractivity contribution < 1.29 is 19.1 Å². The molecule has 1 rings (SSSR count). The van der Waals surface area contributed by atoms with Crippen LogP contribution in [0.5, 0.6) is 0 Å². The Bertz CT molecular complexity index is 497. The van der Waals surface area contributed by atoms with Gasteiger partial charge >= 0.3 is 0 Å². The number of nitrogens with zero attached hydrogens (tertiary/aromatic N) is 1. The van der Waals surface area contributed by atoms with E-state index in [0.717, 1.165) is 6.07 Å². The fourth-order valence-electron chi connectivity index (χ4n) is 1.69. The normalized spacial score (nSPS) is 11.1. The van der Waals surface area contributed by atoms with Crippen molar-refractivity contribution in [3.63, 3.8) is 0 Å². The SMILES string of the molecule is CN(CC(C)(C)O)C(=O)CNC(=O)c1cccc(F)c1. The number of nitrogens with one attached hydrogen (secondary N) is 1. The van der Waals surface area contributed by atoms with Crippen molar-refractivity contribution in [2.75, 3.05) is 20.1 Å². The summed E-state index contributed by atoms with van der Waals surface area (Å²) in [7, 11) is 1.54. The maximum absolute atomic E-state index is 13.0. The molecule has 20 heavy (non-hydrogen) atoms. The third-order valence-electron chi connectivity index (χ3n) is 2.54. The van der Waals surface area contributed by atoms with Crippen LogP contribution < -0.4 is 5.32 Å². The molecule has 5 nitrogen and oxygen atoms in total. The summed E-state index contributed by atoms with van der Waals surface area (Å²) < 4.78 is 13.0. The molecular weight excluding hydrogens is 263 g/mol. The summed E-state index contributed by atoms with van der Waals surface area (Å²) in [4.78, 5) is 24.8. The van der Waals surface area contributed by atoms with E-state index in [1.54, 1.807) is 13.8 Å². The number of hydrogen-bond donors (Lipinski definition) is 2. The molecule has 0 atom stereocenters. The van der Waals surface area contributed by atoms with Gasteiger partial charge in [0, 0.05) is 19.2 Å². The first-order valence-corrected chi connectivity index (χ1v) is 6.19. The molecule has 0 saturated carbocycles. The quantitative estimate of drug-likeness (QED) is 0.838. The van der Waals surface area contributed by atoms with Crippen LogP contribution in [-0.4, -0.2) is 47.6 Å². The van der Waals surface area contributed by atoms with Gasteiger partial charge in [0.1, 0.15) is 5.82 Å². The Balaban J connectivity index is 2.51. The van der Waals surface area contributed by atoms with Gasteiger partial charge in [0.15, 0.2) is 0 Å². The summed E-state index contributed by atoms with van der Waals surface area (Å²) >= 11 is 0. The maximum atomic E-state index is 13.0. The largest absolute Gasteiger partial charge is 0.389 e. The molecule has 110 valence electrons. The van der Waals surface area contributed by atoms with Crippen LogP contribution in [0.25, 0.3) is 0 Å². The minimum atomic E-state index is -1.00. The Morgan fingerprint density at radius 3 is 2.60 bits per heavy atom. The van der Waals surface area contributed by atoms with Crippen LogP contribution in [0, 0.1) is 5.82 Å². The first-order chi connectivity index (χ1) is 9.19. The molecule has 0 bridgehead atoms. The molecule has 2 amide bonds. The van der Waals surface area contributed by atoms with E-state index < -0.39 is 17.3 Å². The second kappa shape index (κ2) is 6.47. The Morgan fingerprint density at radius 1 is 1.40 bits per heavy atom. The van der Waals surface area contributed by atoms with Gasteiger partial charge in [-0.1, -0.05) is 6.07 Å². The van der Waals surface area contributed by atoms with E-state index in [0.29, 0.717) is 0 Å². The monoisotopic (exact) mass is 282 g/mol. The highest BCUT2D eigenvalue weighted by Crippen LogP contribution is 2.04. The van der Waals surface area contributed by atoms with Crippen molar-refractivity contribution in [3.05, 3.63) is 35.6 Å². The molecule has 0 aliphatic rings. The first kappa shape index (κ1) is 16.1. The van der Waals surface area contributed by atoms with Crippen molar-refractivity contribution in [1.82, 2.24) is 10.2 Å². The fourth-order valence-corrected chi connectivity index (χ4v) is 1.69. The minimum absolute atomic E-state index is 0.154. The van der Waals surface area contributed by atoms with Crippen molar-refractivity contribution in [1.29, 1.82) is 0 Å². The van der Waals surface area contributed by atoms with E-state index in [1.165, 1.54) is 30.1 Å². The van der Waals surface area contributed by atoms with Gasteiger partial charge in [0.05, 0.1) is 12.1 Å². The third-order valence-corrected chi connectivity index (χ3v) is 2.54. The van der Waals surface area contributed by atoms with E-state index in [9.17, 15) is 19.1 Å². The first-order valence-electron chi connectivity index (χ1n) is 6.19. The molecule has 0 spiro atoms. The van der Waals surface area contributed by atoms with E-state index in [-0.39, 0.29) is 24.6 Å². The predicted molar refractivity (Wildman–Crippen MR) is 72.7 cm³/mol. The molecule has 0 fully saturated rings. The van der Waals surface area contributed by atoms with Crippen LogP contribution in [0.15, 0.2) is 24.3 Å². The standard InChI is InChI=1S/C14H19FN2O3/c1-14(2,20)9-17(3)12(18)8-16-13(19)10-5-4-6-11(15)7-10/h4-7,20H,8-9H2,1-3H3,(H,16,19). The number of amides is 2. The summed E-state index contributed by atoms with van der Waals surface area (Å²) in [5, 5.41) is 12.0. The van der Waals surface area contributed by atoms with Gasteiger partial charge in [-0.2, -0.15) is 0 Å². The van der Waals surface area contributed by atoms with Crippen molar-refractivity contribution in [2.24, 2.45) is 0 Å². The molecule has 0 heterocycles. The Morgan fingerprint density at radius 2 is 2.05 bits per heavy atom. The molecule has 0 aliphatic carbocycles. The number of likely N-dealkylation sites (N-methyl/N-ethyl adjacent to an activating group) is 1. The summed E-state index contributed by atoms with van der Waals surface area (Å²) in [5.41, 5.74) is -0.847. The predicted octanol–water partition coefficient (Wildman–Crippen LogP) is 0.785. The molecule has 0 aliphatic heterocycles. The number of carbonyl (C=O) groups excluding carboxylic acids is 2. The lowest BCUT2D eigenvalue weighted by atomic mass is 10.1. The number of aliphatic hydroxyl groups is 1. The zero-order chi connectivity index (χ0) is 15.3. The lowest BCUT2D eigenvalue weighted by molar-refractivity contribution is -0.131. The molecule has 1 aromatic carbocycles. The minimum Gasteiger partial charge on any atom is -0.389 e. The van der Waals surface area contributed by atoms with Crippen LogP contribution in [0.4, 0.5) is 4.39 Å². The molecular formula is C14H19FN2O3. The number of halogens is 1. The van der Waals surface area contributed by atoms with Crippen LogP contribution in [0.3, 0.4) is 0 Å². The molecule has 0 aromatic heterocycles. The van der Waals surface area contributed by atoms with Gasteiger partial charge in [0.2, 0.25) is 5.91 Å². The summed E-state index contributed by atoms with van der Waals surface area (Å²) in [6.07, 6.45) is 0. The highest BCUT2D eigenvalue weighted by atomic mass is 19.1. The second-order valence-corrected chi connectivity index (χ2v) is 5.26. The Kier molecular flexibility index (Phi) is 5.21. The molecule has 0 saturated heterocycles. The van der Waals surface area contributed by atoms with Gasteiger partial charge in [-0.3, -0.25) is 9.59 Å². The third kappa shape index (κ3) is 5.36. The van der Waals surface area contributed by atoms with Crippen LogP contribution in [0.2, 0.25) is 0 Å². The van der Waals surface area contributed by atoms with Gasteiger partial charge in [-0.05, 0) is 32.0 Å². The van der Waals surface area contributed by atoms with Gasteiger partial charge in [0.25, 0.3) is 5.91 Å². The van der Waals surface area contributed by atoms with Crippen molar-refractivity contribution >= 4 is 11.8 Å². The lowest BCUT2D eigenvalue weighted by Gasteiger charge is -2.25. The lowest BCUT2D eigenvalue weighted by Crippen LogP contribution is -2.44. The highest BCUT2D eigenvalue weighted by molar-refractivity contribution is 5.96. The smallest absolute Gasteiger partial charge is 0.251 e. The van der Waals surface area contributed by atoms with E-state index in [4.69, 9.17) is 0 Å². The van der Waals surface area contributed by atoms with Gasteiger partial charge in [-0.25, -0.2) is 4.39 Å². The van der Waals surface area contributed by atoms with Crippen molar-refractivity contribution in [2.45, 2.75) is 19.4 Å². The second-order valence-electron chi connectivity index (χ2n) is 5.26. The summed E-state index contributed by atoms with van der Waals surface area (Å²) in [5.74, 6) is -1.37. The maximum Gasteiger partial charge on any atom is 0.251 e. The molecule has 2 N–H and O–H groups in total. The van der Waals surface area contributed by atoms with Crippen LogP contribution in [-0.2, 0) is 4.79 Å². The van der Waals surface area contributed by atoms with E-state index in [1.807, 2.05) is 0 Å². The Hall–Kier alpha value is -1.95.